The maximum Gasteiger partial charge on any atom is 0.302 e. The average Bonchev–Trinajstić information content (AvgIpc) is 2.17. The van der Waals surface area contributed by atoms with E-state index in [-0.39, 0.29) is 5.97 Å². The summed E-state index contributed by atoms with van der Waals surface area (Å²) >= 11 is 0. The van der Waals surface area contributed by atoms with Crippen LogP contribution in [0.5, 0.6) is 0 Å². The Morgan fingerprint density at radius 2 is 1.86 bits per heavy atom. The molecule has 2 heteroatoms. The maximum atomic E-state index is 9.98. The minimum absolute atomic E-state index is 0.193. The topological polar surface area (TPSA) is 26.3 Å². The van der Waals surface area contributed by atoms with Crippen LogP contribution in [-0.4, -0.2) is 12.6 Å². The van der Waals surface area contributed by atoms with Crippen molar-refractivity contribution in [3.8, 4) is 0 Å². The van der Waals surface area contributed by atoms with Crippen LogP contribution < -0.4 is 0 Å². The lowest BCUT2D eigenvalue weighted by molar-refractivity contribution is -0.140. The predicted octanol–water partition coefficient (Wildman–Crippen LogP) is 2.95. The minimum atomic E-state index is -0.193. The minimum Gasteiger partial charge on any atom is -0.466 e. The molecule has 0 fully saturated rings. The smallest absolute Gasteiger partial charge is 0.302 e. The standard InChI is InChI=1S/C7H8.C5H10O2/c1-7-5-3-2-4-6-7;1-3-4-7-5(2)6/h2-6H,1H3;3-4H2,1-2H3. The van der Waals surface area contributed by atoms with E-state index in [2.05, 4.69) is 23.8 Å². The molecule has 1 aromatic rings. The number of ether oxygens (including phenoxy) is 1. The molecular weight excluding hydrogens is 176 g/mol. The van der Waals surface area contributed by atoms with Crippen molar-refractivity contribution >= 4 is 5.97 Å². The highest BCUT2D eigenvalue weighted by Crippen LogP contribution is 1.92. The highest BCUT2D eigenvalue weighted by atomic mass is 16.5. The number of aryl methyl sites for hydroxylation is 1. The summed E-state index contributed by atoms with van der Waals surface area (Å²) in [7, 11) is 0. The summed E-state index contributed by atoms with van der Waals surface area (Å²) in [5.74, 6) is -0.193. The second kappa shape index (κ2) is 8.30. The molecule has 78 valence electrons. The zero-order chi connectivity index (χ0) is 10.8. The van der Waals surface area contributed by atoms with Crippen LogP contribution in [0.15, 0.2) is 30.3 Å². The normalized spacial score (nSPS) is 8.50. The highest BCUT2D eigenvalue weighted by Gasteiger charge is 1.85. The molecule has 0 unspecified atom stereocenters. The number of benzene rings is 1. The number of carbonyl (C=O) groups is 1. The van der Waals surface area contributed by atoms with Crippen LogP contribution in [0.4, 0.5) is 0 Å². The molecule has 14 heavy (non-hydrogen) atoms. The fourth-order valence-electron chi connectivity index (χ4n) is 0.780. The third-order valence-electron chi connectivity index (χ3n) is 1.45. The Balaban J connectivity index is 0.000000241. The molecule has 0 heterocycles. The first-order valence-electron chi connectivity index (χ1n) is 4.81. The Bertz CT molecular complexity index is 242. The van der Waals surface area contributed by atoms with Crippen LogP contribution in [0.3, 0.4) is 0 Å². The fourth-order valence-corrected chi connectivity index (χ4v) is 0.780. The highest BCUT2D eigenvalue weighted by molar-refractivity contribution is 5.65. The number of hydrogen-bond acceptors (Lipinski definition) is 2. The third-order valence-corrected chi connectivity index (χ3v) is 1.45. The van der Waals surface area contributed by atoms with Crippen LogP contribution >= 0.6 is 0 Å². The van der Waals surface area contributed by atoms with E-state index < -0.39 is 0 Å². The summed E-state index contributed by atoms with van der Waals surface area (Å²) in [6, 6.07) is 10.3. The third kappa shape index (κ3) is 8.78. The van der Waals surface area contributed by atoms with E-state index >= 15 is 0 Å². The Labute approximate surface area is 85.9 Å². The second-order valence-corrected chi connectivity index (χ2v) is 2.99. The van der Waals surface area contributed by atoms with E-state index in [1.54, 1.807) is 0 Å². The Morgan fingerprint density at radius 3 is 2.07 bits per heavy atom. The van der Waals surface area contributed by atoms with Gasteiger partial charge in [0.2, 0.25) is 0 Å². The summed E-state index contributed by atoms with van der Waals surface area (Å²) in [5, 5.41) is 0. The first-order chi connectivity index (χ1) is 6.66. The van der Waals surface area contributed by atoms with Gasteiger partial charge in [-0.25, -0.2) is 0 Å². The van der Waals surface area contributed by atoms with Crippen LogP contribution in [0.25, 0.3) is 0 Å². The van der Waals surface area contributed by atoms with E-state index in [9.17, 15) is 4.79 Å². The van der Waals surface area contributed by atoms with E-state index in [4.69, 9.17) is 0 Å². The summed E-state index contributed by atoms with van der Waals surface area (Å²) in [6.07, 6.45) is 0.902. The van der Waals surface area contributed by atoms with Crippen LogP contribution in [0.2, 0.25) is 0 Å². The molecule has 0 radical (unpaired) electrons. The Kier molecular flexibility index (Phi) is 7.52. The molecular formula is C12H18O2. The first-order valence-corrected chi connectivity index (χ1v) is 4.81. The van der Waals surface area contributed by atoms with Crippen LogP contribution in [0.1, 0.15) is 25.8 Å². The monoisotopic (exact) mass is 194 g/mol. The lowest BCUT2D eigenvalue weighted by atomic mass is 10.2. The zero-order valence-electron chi connectivity index (χ0n) is 9.12. The van der Waals surface area contributed by atoms with Gasteiger partial charge >= 0.3 is 5.97 Å². The van der Waals surface area contributed by atoms with Gasteiger partial charge in [0.15, 0.2) is 0 Å². The molecule has 0 aliphatic rings. The molecule has 2 nitrogen and oxygen atoms in total. The molecule has 0 aliphatic carbocycles. The molecule has 0 aromatic heterocycles. The van der Waals surface area contributed by atoms with E-state index in [1.807, 2.05) is 25.1 Å². The van der Waals surface area contributed by atoms with Gasteiger partial charge in [-0.05, 0) is 13.3 Å². The molecule has 0 spiro atoms. The van der Waals surface area contributed by atoms with Crippen molar-refractivity contribution in [2.45, 2.75) is 27.2 Å². The van der Waals surface area contributed by atoms with Crippen molar-refractivity contribution < 1.29 is 9.53 Å². The van der Waals surface area contributed by atoms with Crippen LogP contribution in [0, 0.1) is 6.92 Å². The van der Waals surface area contributed by atoms with Gasteiger partial charge in [0.05, 0.1) is 6.61 Å². The van der Waals surface area contributed by atoms with Crippen LogP contribution in [-0.2, 0) is 9.53 Å². The first kappa shape index (κ1) is 12.7. The number of hydrogen-bond donors (Lipinski definition) is 0. The second-order valence-electron chi connectivity index (χ2n) is 2.99. The van der Waals surface area contributed by atoms with Gasteiger partial charge in [-0.3, -0.25) is 4.79 Å². The molecule has 1 rings (SSSR count). The quantitative estimate of drug-likeness (QED) is 0.676. The van der Waals surface area contributed by atoms with Crippen molar-refractivity contribution in [3.63, 3.8) is 0 Å². The van der Waals surface area contributed by atoms with Gasteiger partial charge in [0, 0.05) is 6.92 Å². The zero-order valence-corrected chi connectivity index (χ0v) is 9.12. The summed E-state index contributed by atoms with van der Waals surface area (Å²) in [4.78, 5) is 9.98. The van der Waals surface area contributed by atoms with Crippen molar-refractivity contribution in [1.82, 2.24) is 0 Å². The molecule has 0 saturated heterocycles. The molecule has 0 aliphatic heterocycles. The fraction of sp³-hybridized carbons (Fsp3) is 0.417. The Hall–Kier alpha value is -1.31. The summed E-state index contributed by atoms with van der Waals surface area (Å²) < 4.78 is 4.55. The molecule has 0 saturated carbocycles. The van der Waals surface area contributed by atoms with Crippen molar-refractivity contribution in [1.29, 1.82) is 0 Å². The lowest BCUT2D eigenvalue weighted by Gasteiger charge is -1.93. The van der Waals surface area contributed by atoms with Gasteiger partial charge < -0.3 is 4.74 Å². The molecule has 1 aromatic carbocycles. The number of rotatable bonds is 2. The predicted molar refractivity (Wildman–Crippen MR) is 58.1 cm³/mol. The number of esters is 1. The van der Waals surface area contributed by atoms with Gasteiger partial charge in [-0.15, -0.1) is 0 Å². The molecule has 0 N–H and O–H groups in total. The largest absolute Gasteiger partial charge is 0.466 e. The van der Waals surface area contributed by atoms with Crippen molar-refractivity contribution in [2.24, 2.45) is 0 Å². The molecule has 0 amide bonds. The van der Waals surface area contributed by atoms with Crippen molar-refractivity contribution in [2.75, 3.05) is 6.61 Å². The molecule has 0 atom stereocenters. The van der Waals surface area contributed by atoms with E-state index in [0.717, 1.165) is 6.42 Å². The van der Waals surface area contributed by atoms with E-state index in [0.29, 0.717) is 6.61 Å². The summed E-state index contributed by atoms with van der Waals surface area (Å²) in [5.41, 5.74) is 1.32. The summed E-state index contributed by atoms with van der Waals surface area (Å²) in [6.45, 7) is 6.01. The van der Waals surface area contributed by atoms with E-state index in [1.165, 1.54) is 12.5 Å². The lowest BCUT2D eigenvalue weighted by Crippen LogP contribution is -1.98. The van der Waals surface area contributed by atoms with Gasteiger partial charge in [-0.2, -0.15) is 0 Å². The SMILES string of the molecule is CCCOC(C)=O.Cc1ccccc1. The van der Waals surface area contributed by atoms with Crippen molar-refractivity contribution in [3.05, 3.63) is 35.9 Å². The van der Waals surface area contributed by atoms with Gasteiger partial charge in [0.1, 0.15) is 0 Å². The van der Waals surface area contributed by atoms with Gasteiger partial charge in [0.25, 0.3) is 0 Å². The Morgan fingerprint density at radius 1 is 1.29 bits per heavy atom. The maximum absolute atomic E-state index is 9.98. The number of carbonyl (C=O) groups excluding carboxylic acids is 1. The average molecular weight is 194 g/mol. The molecule has 0 bridgehead atoms. The van der Waals surface area contributed by atoms with Gasteiger partial charge in [-0.1, -0.05) is 42.8 Å².